The van der Waals surface area contributed by atoms with E-state index in [1.165, 1.54) is 31.4 Å². The van der Waals surface area contributed by atoms with E-state index in [1.807, 2.05) is 11.8 Å². The van der Waals surface area contributed by atoms with Gasteiger partial charge in [-0.3, -0.25) is 0 Å². The molecule has 0 spiro atoms. The first kappa shape index (κ1) is 12.8. The smallest absolute Gasteiger partial charge is 0.0771 e. The van der Waals surface area contributed by atoms with Crippen molar-refractivity contribution in [2.45, 2.75) is 58.5 Å². The highest BCUT2D eigenvalue weighted by Gasteiger charge is 2.45. The summed E-state index contributed by atoms with van der Waals surface area (Å²) < 4.78 is 0. The molecule has 1 nitrogen and oxygen atoms in total. The standard InChI is InChI=1S/C14H26OS/c1-11-5-4-6-12(7-11)14(15)8-13(2,3)9-16-10-14/h11-12,15H,4-10H2,1-3H3. The van der Waals surface area contributed by atoms with Gasteiger partial charge in [-0.2, -0.15) is 11.8 Å². The van der Waals surface area contributed by atoms with Gasteiger partial charge in [0.2, 0.25) is 0 Å². The molecular formula is C14H26OS. The molecule has 94 valence electrons. The Morgan fingerprint density at radius 3 is 2.56 bits per heavy atom. The molecule has 1 N–H and O–H groups in total. The van der Waals surface area contributed by atoms with E-state index in [-0.39, 0.29) is 5.60 Å². The van der Waals surface area contributed by atoms with Crippen molar-refractivity contribution in [3.05, 3.63) is 0 Å². The predicted octanol–water partition coefficient (Wildman–Crippen LogP) is 3.71. The van der Waals surface area contributed by atoms with Gasteiger partial charge in [-0.25, -0.2) is 0 Å². The van der Waals surface area contributed by atoms with Crippen molar-refractivity contribution in [2.75, 3.05) is 11.5 Å². The van der Waals surface area contributed by atoms with Gasteiger partial charge in [0.25, 0.3) is 0 Å². The van der Waals surface area contributed by atoms with Crippen LogP contribution in [0.4, 0.5) is 0 Å². The molecule has 0 radical (unpaired) electrons. The second kappa shape index (κ2) is 4.53. The Morgan fingerprint density at radius 2 is 1.94 bits per heavy atom. The summed E-state index contributed by atoms with van der Waals surface area (Å²) in [5, 5.41) is 10.9. The van der Waals surface area contributed by atoms with Gasteiger partial charge in [0, 0.05) is 5.75 Å². The first-order valence-electron chi connectivity index (χ1n) is 6.71. The lowest BCUT2D eigenvalue weighted by Gasteiger charge is -2.47. The van der Waals surface area contributed by atoms with Crippen molar-refractivity contribution in [3.63, 3.8) is 0 Å². The Balaban J connectivity index is 2.05. The molecule has 2 fully saturated rings. The Morgan fingerprint density at radius 1 is 1.19 bits per heavy atom. The third-order valence-electron chi connectivity index (χ3n) is 4.33. The SMILES string of the molecule is CC1CCCC(C2(O)CSCC(C)(C)C2)C1. The van der Waals surface area contributed by atoms with Crippen LogP contribution in [-0.4, -0.2) is 22.2 Å². The molecular weight excluding hydrogens is 216 g/mol. The number of hydrogen-bond acceptors (Lipinski definition) is 2. The molecule has 2 rings (SSSR count). The van der Waals surface area contributed by atoms with Crippen molar-refractivity contribution in [1.82, 2.24) is 0 Å². The highest BCUT2D eigenvalue weighted by atomic mass is 32.2. The van der Waals surface area contributed by atoms with Crippen LogP contribution in [0, 0.1) is 17.3 Å². The minimum atomic E-state index is -0.374. The third kappa shape index (κ3) is 2.76. The Bertz CT molecular complexity index is 251. The van der Waals surface area contributed by atoms with Crippen LogP contribution >= 0.6 is 11.8 Å². The van der Waals surface area contributed by atoms with E-state index in [2.05, 4.69) is 20.8 Å². The van der Waals surface area contributed by atoms with Gasteiger partial charge in [-0.15, -0.1) is 0 Å². The number of aliphatic hydroxyl groups is 1. The molecule has 3 atom stereocenters. The predicted molar refractivity (Wildman–Crippen MR) is 71.8 cm³/mol. The van der Waals surface area contributed by atoms with Crippen molar-refractivity contribution >= 4 is 11.8 Å². The summed E-state index contributed by atoms with van der Waals surface area (Å²) >= 11 is 1.95. The zero-order valence-corrected chi connectivity index (χ0v) is 11.8. The van der Waals surface area contributed by atoms with Crippen molar-refractivity contribution < 1.29 is 5.11 Å². The van der Waals surface area contributed by atoms with Crippen LogP contribution < -0.4 is 0 Å². The van der Waals surface area contributed by atoms with Crippen LogP contribution in [0.1, 0.15) is 52.9 Å². The minimum Gasteiger partial charge on any atom is -0.389 e. The summed E-state index contributed by atoms with van der Waals surface area (Å²) in [5.41, 5.74) is -0.0561. The van der Waals surface area contributed by atoms with Gasteiger partial charge in [0.15, 0.2) is 0 Å². The Labute approximate surface area is 104 Å². The van der Waals surface area contributed by atoms with E-state index in [1.54, 1.807) is 0 Å². The van der Waals surface area contributed by atoms with Crippen LogP contribution in [0.5, 0.6) is 0 Å². The lowest BCUT2D eigenvalue weighted by atomic mass is 9.68. The lowest BCUT2D eigenvalue weighted by molar-refractivity contribution is -0.0516. The molecule has 2 aliphatic rings. The van der Waals surface area contributed by atoms with E-state index in [4.69, 9.17) is 0 Å². The fourth-order valence-corrected chi connectivity index (χ4v) is 5.07. The molecule has 1 saturated carbocycles. The van der Waals surface area contributed by atoms with E-state index in [0.29, 0.717) is 11.3 Å². The molecule has 0 bridgehead atoms. The summed E-state index contributed by atoms with van der Waals surface area (Å²) in [7, 11) is 0. The van der Waals surface area contributed by atoms with Crippen LogP contribution in [0.2, 0.25) is 0 Å². The lowest BCUT2D eigenvalue weighted by Crippen LogP contribution is -2.49. The highest BCUT2D eigenvalue weighted by Crippen LogP contribution is 2.47. The zero-order chi connectivity index (χ0) is 11.8. The summed E-state index contributed by atoms with van der Waals surface area (Å²) in [6.07, 6.45) is 6.18. The maximum atomic E-state index is 10.9. The second-order valence-corrected chi connectivity index (χ2v) is 7.89. The normalized spacial score (nSPS) is 44.2. The molecule has 3 unspecified atom stereocenters. The molecule has 16 heavy (non-hydrogen) atoms. The molecule has 1 aliphatic carbocycles. The summed E-state index contributed by atoms with van der Waals surface area (Å²) in [6.45, 7) is 6.95. The van der Waals surface area contributed by atoms with Gasteiger partial charge in [-0.1, -0.05) is 33.6 Å². The molecule has 1 aliphatic heterocycles. The topological polar surface area (TPSA) is 20.2 Å². The van der Waals surface area contributed by atoms with Crippen molar-refractivity contribution in [1.29, 1.82) is 0 Å². The zero-order valence-electron chi connectivity index (χ0n) is 11.0. The van der Waals surface area contributed by atoms with Crippen LogP contribution in [0.15, 0.2) is 0 Å². The van der Waals surface area contributed by atoms with Crippen molar-refractivity contribution in [3.8, 4) is 0 Å². The first-order chi connectivity index (χ1) is 7.41. The quantitative estimate of drug-likeness (QED) is 0.756. The van der Waals surface area contributed by atoms with E-state index in [9.17, 15) is 5.11 Å². The fraction of sp³-hybridized carbons (Fsp3) is 1.00. The maximum Gasteiger partial charge on any atom is 0.0771 e. The molecule has 0 aromatic carbocycles. The van der Waals surface area contributed by atoms with Crippen LogP contribution in [-0.2, 0) is 0 Å². The minimum absolute atomic E-state index is 0.318. The monoisotopic (exact) mass is 242 g/mol. The largest absolute Gasteiger partial charge is 0.389 e. The first-order valence-corrected chi connectivity index (χ1v) is 7.87. The molecule has 1 heterocycles. The number of thioether (sulfide) groups is 1. The summed E-state index contributed by atoms with van der Waals surface area (Å²) in [4.78, 5) is 0. The van der Waals surface area contributed by atoms with Gasteiger partial charge in [-0.05, 0) is 42.3 Å². The number of hydrogen-bond donors (Lipinski definition) is 1. The van der Waals surface area contributed by atoms with Crippen LogP contribution in [0.25, 0.3) is 0 Å². The van der Waals surface area contributed by atoms with E-state index < -0.39 is 0 Å². The van der Waals surface area contributed by atoms with E-state index in [0.717, 1.165) is 18.1 Å². The Kier molecular flexibility index (Phi) is 3.61. The molecule has 0 aromatic rings. The molecule has 2 heteroatoms. The summed E-state index contributed by atoms with van der Waals surface area (Å²) in [5.74, 6) is 3.55. The second-order valence-electron chi connectivity index (χ2n) is 6.91. The van der Waals surface area contributed by atoms with Gasteiger partial charge < -0.3 is 5.11 Å². The van der Waals surface area contributed by atoms with Gasteiger partial charge >= 0.3 is 0 Å². The fourth-order valence-electron chi connectivity index (χ4n) is 3.62. The molecule has 1 saturated heterocycles. The third-order valence-corrected chi connectivity index (χ3v) is 6.02. The average molecular weight is 242 g/mol. The molecule has 0 aromatic heterocycles. The average Bonchev–Trinajstić information content (AvgIpc) is 2.15. The highest BCUT2D eigenvalue weighted by molar-refractivity contribution is 7.99. The van der Waals surface area contributed by atoms with E-state index >= 15 is 0 Å². The van der Waals surface area contributed by atoms with Crippen LogP contribution in [0.3, 0.4) is 0 Å². The summed E-state index contributed by atoms with van der Waals surface area (Å²) in [6, 6.07) is 0. The number of rotatable bonds is 1. The van der Waals surface area contributed by atoms with Gasteiger partial charge in [0.05, 0.1) is 5.60 Å². The molecule has 0 amide bonds. The Hall–Kier alpha value is 0.310. The van der Waals surface area contributed by atoms with Crippen molar-refractivity contribution in [2.24, 2.45) is 17.3 Å². The maximum absolute atomic E-state index is 10.9. The van der Waals surface area contributed by atoms with Gasteiger partial charge in [0.1, 0.15) is 0 Å².